The van der Waals surface area contributed by atoms with Gasteiger partial charge in [0.05, 0.1) is 4.92 Å². The fraction of sp³-hybridized carbons (Fsp3) is 0.273. The maximum absolute atomic E-state index is 11.6. The molecule has 8 nitrogen and oxygen atoms in total. The Hall–Kier alpha value is -2.29. The number of benzene rings is 1. The molecule has 0 amide bonds. The van der Waals surface area contributed by atoms with Crippen molar-refractivity contribution in [1.29, 1.82) is 0 Å². The first-order chi connectivity index (χ1) is 9.40. The average Bonchev–Trinajstić information content (AvgIpc) is 2.70. The van der Waals surface area contributed by atoms with Gasteiger partial charge < -0.3 is 5.73 Å². The zero-order valence-electron chi connectivity index (χ0n) is 10.9. The van der Waals surface area contributed by atoms with E-state index >= 15 is 0 Å². The van der Waals surface area contributed by atoms with E-state index in [4.69, 9.17) is 5.73 Å². The lowest BCUT2D eigenvalue weighted by molar-refractivity contribution is -0.383. The summed E-state index contributed by atoms with van der Waals surface area (Å²) < 4.78 is 1.50. The molecule has 106 valence electrons. The molecule has 0 aliphatic rings. The van der Waals surface area contributed by atoms with Gasteiger partial charge in [0.25, 0.3) is 5.69 Å². The predicted octanol–water partition coefficient (Wildman–Crippen LogP) is 1.79. The number of anilines is 1. The highest BCUT2D eigenvalue weighted by Crippen LogP contribution is 2.31. The molecule has 0 fully saturated rings. The molecule has 2 rings (SSSR count). The SMILES string of the molecule is CC(C)n1c(Sc2ccc([N+](=O)[O-])c(N)c2)n[nH]c1=O. The summed E-state index contributed by atoms with van der Waals surface area (Å²) in [4.78, 5) is 22.4. The summed E-state index contributed by atoms with van der Waals surface area (Å²) in [7, 11) is 0. The number of nitro groups is 1. The second-order valence-electron chi connectivity index (χ2n) is 4.35. The van der Waals surface area contributed by atoms with Gasteiger partial charge in [-0.05, 0) is 37.7 Å². The molecular formula is C11H13N5O3S. The predicted molar refractivity (Wildman–Crippen MR) is 74.9 cm³/mol. The zero-order valence-corrected chi connectivity index (χ0v) is 11.7. The number of H-pyrrole nitrogens is 1. The third-order valence-electron chi connectivity index (χ3n) is 2.59. The minimum atomic E-state index is -0.539. The van der Waals surface area contributed by atoms with Crippen LogP contribution in [-0.2, 0) is 0 Å². The molecule has 0 atom stereocenters. The van der Waals surface area contributed by atoms with Crippen molar-refractivity contribution in [3.05, 3.63) is 38.8 Å². The minimum absolute atomic E-state index is 0.0425. The molecule has 0 saturated heterocycles. The number of hydrogen-bond acceptors (Lipinski definition) is 6. The molecule has 0 aliphatic heterocycles. The van der Waals surface area contributed by atoms with Crippen molar-refractivity contribution in [1.82, 2.24) is 14.8 Å². The average molecular weight is 295 g/mol. The maximum Gasteiger partial charge on any atom is 0.344 e. The summed E-state index contributed by atoms with van der Waals surface area (Å²) in [6.07, 6.45) is 0. The molecule has 0 unspecified atom stereocenters. The van der Waals surface area contributed by atoms with Crippen LogP contribution < -0.4 is 11.4 Å². The fourth-order valence-corrected chi connectivity index (χ4v) is 2.70. The number of aromatic amines is 1. The number of aromatic nitrogens is 3. The van der Waals surface area contributed by atoms with Crippen molar-refractivity contribution in [3.63, 3.8) is 0 Å². The van der Waals surface area contributed by atoms with Crippen LogP contribution >= 0.6 is 11.8 Å². The van der Waals surface area contributed by atoms with Crippen LogP contribution in [0, 0.1) is 10.1 Å². The Morgan fingerprint density at radius 2 is 2.20 bits per heavy atom. The number of nitrogens with zero attached hydrogens (tertiary/aromatic N) is 3. The van der Waals surface area contributed by atoms with Crippen molar-refractivity contribution >= 4 is 23.1 Å². The number of nitro benzene ring substituents is 1. The van der Waals surface area contributed by atoms with Crippen LogP contribution in [0.5, 0.6) is 0 Å². The first-order valence-electron chi connectivity index (χ1n) is 5.79. The Bertz CT molecular complexity index is 706. The zero-order chi connectivity index (χ0) is 14.9. The van der Waals surface area contributed by atoms with Gasteiger partial charge in [0.1, 0.15) is 5.69 Å². The van der Waals surface area contributed by atoms with Gasteiger partial charge in [0.15, 0.2) is 5.16 Å². The Balaban J connectivity index is 2.34. The Labute approximate surface area is 118 Å². The summed E-state index contributed by atoms with van der Waals surface area (Å²) in [6, 6.07) is 4.36. The van der Waals surface area contributed by atoms with Crippen molar-refractivity contribution < 1.29 is 4.92 Å². The maximum atomic E-state index is 11.6. The second-order valence-corrected chi connectivity index (χ2v) is 5.40. The lowest BCUT2D eigenvalue weighted by Crippen LogP contribution is -2.19. The minimum Gasteiger partial charge on any atom is -0.393 e. The summed E-state index contributed by atoms with van der Waals surface area (Å²) in [5, 5.41) is 17.5. The first-order valence-corrected chi connectivity index (χ1v) is 6.60. The number of nitrogen functional groups attached to an aromatic ring is 1. The highest BCUT2D eigenvalue weighted by atomic mass is 32.2. The molecule has 0 spiro atoms. The van der Waals surface area contributed by atoms with E-state index in [9.17, 15) is 14.9 Å². The first kappa shape index (κ1) is 14.1. The molecule has 20 heavy (non-hydrogen) atoms. The van der Waals surface area contributed by atoms with E-state index in [0.717, 1.165) is 0 Å². The normalized spacial score (nSPS) is 10.9. The molecule has 2 aromatic rings. The van der Waals surface area contributed by atoms with E-state index in [2.05, 4.69) is 10.2 Å². The van der Waals surface area contributed by atoms with Crippen molar-refractivity contribution in [2.24, 2.45) is 0 Å². The molecule has 9 heteroatoms. The van der Waals surface area contributed by atoms with Crippen LogP contribution in [0.1, 0.15) is 19.9 Å². The summed E-state index contributed by atoms with van der Waals surface area (Å²) in [6.45, 7) is 3.73. The lowest BCUT2D eigenvalue weighted by atomic mass is 10.3. The van der Waals surface area contributed by atoms with Crippen molar-refractivity contribution in [2.45, 2.75) is 29.9 Å². The smallest absolute Gasteiger partial charge is 0.344 e. The molecule has 0 bridgehead atoms. The molecule has 0 radical (unpaired) electrons. The summed E-state index contributed by atoms with van der Waals surface area (Å²) >= 11 is 1.22. The van der Waals surface area contributed by atoms with Crippen molar-refractivity contribution in [2.75, 3.05) is 5.73 Å². The van der Waals surface area contributed by atoms with Crippen LogP contribution in [-0.4, -0.2) is 19.7 Å². The van der Waals surface area contributed by atoms with E-state index in [0.29, 0.717) is 10.1 Å². The molecule has 1 aromatic carbocycles. The monoisotopic (exact) mass is 295 g/mol. The van der Waals surface area contributed by atoms with Crippen molar-refractivity contribution in [3.8, 4) is 0 Å². The Kier molecular flexibility index (Phi) is 3.79. The highest BCUT2D eigenvalue weighted by molar-refractivity contribution is 7.99. The topological polar surface area (TPSA) is 120 Å². The van der Waals surface area contributed by atoms with Gasteiger partial charge in [-0.2, -0.15) is 0 Å². The van der Waals surface area contributed by atoms with Gasteiger partial charge in [-0.15, -0.1) is 5.10 Å². The second kappa shape index (κ2) is 5.37. The number of nitrogens with two attached hydrogens (primary N) is 1. The molecular weight excluding hydrogens is 282 g/mol. The van der Waals surface area contributed by atoms with Gasteiger partial charge in [-0.3, -0.25) is 14.7 Å². The Morgan fingerprint density at radius 1 is 1.50 bits per heavy atom. The van der Waals surface area contributed by atoms with Crippen LogP contribution in [0.15, 0.2) is 33.0 Å². The van der Waals surface area contributed by atoms with Crippen LogP contribution in [0.2, 0.25) is 0 Å². The molecule has 0 aliphatic carbocycles. The lowest BCUT2D eigenvalue weighted by Gasteiger charge is -2.08. The molecule has 1 heterocycles. The van der Waals surface area contributed by atoms with E-state index in [-0.39, 0.29) is 23.1 Å². The fourth-order valence-electron chi connectivity index (χ4n) is 1.69. The van der Waals surface area contributed by atoms with Crippen LogP contribution in [0.25, 0.3) is 0 Å². The quantitative estimate of drug-likeness (QED) is 0.504. The van der Waals surface area contributed by atoms with Crippen LogP contribution in [0.4, 0.5) is 11.4 Å². The number of hydrogen-bond donors (Lipinski definition) is 2. The third kappa shape index (κ3) is 2.67. The molecule has 1 aromatic heterocycles. The third-order valence-corrected chi connectivity index (χ3v) is 3.55. The van der Waals surface area contributed by atoms with Gasteiger partial charge >= 0.3 is 5.69 Å². The van der Waals surface area contributed by atoms with Crippen LogP contribution in [0.3, 0.4) is 0 Å². The summed E-state index contributed by atoms with van der Waals surface area (Å²) in [5.41, 5.74) is 5.27. The van der Waals surface area contributed by atoms with E-state index in [1.165, 1.54) is 28.5 Å². The van der Waals surface area contributed by atoms with Gasteiger partial charge in [-0.25, -0.2) is 9.89 Å². The largest absolute Gasteiger partial charge is 0.393 e. The highest BCUT2D eigenvalue weighted by Gasteiger charge is 2.15. The van der Waals surface area contributed by atoms with Gasteiger partial charge in [0, 0.05) is 17.0 Å². The van der Waals surface area contributed by atoms with E-state index < -0.39 is 4.92 Å². The summed E-state index contributed by atoms with van der Waals surface area (Å²) in [5.74, 6) is 0. The molecule has 3 N–H and O–H groups in total. The Morgan fingerprint density at radius 3 is 2.75 bits per heavy atom. The van der Waals surface area contributed by atoms with Gasteiger partial charge in [-0.1, -0.05) is 0 Å². The number of nitrogens with one attached hydrogen (secondary N) is 1. The van der Waals surface area contributed by atoms with E-state index in [1.54, 1.807) is 6.07 Å². The van der Waals surface area contributed by atoms with Gasteiger partial charge in [0.2, 0.25) is 0 Å². The standard InChI is InChI=1S/C11H13N5O3S/c1-6(2)15-10(17)13-14-11(15)20-7-3-4-9(16(18)19)8(12)5-7/h3-6H,12H2,1-2H3,(H,13,17). The number of rotatable bonds is 4. The molecule has 0 saturated carbocycles. The van der Waals surface area contributed by atoms with E-state index in [1.807, 2.05) is 13.8 Å².